The summed E-state index contributed by atoms with van der Waals surface area (Å²) in [5.41, 5.74) is 0.428. The topological polar surface area (TPSA) is 9.23 Å². The van der Waals surface area contributed by atoms with Gasteiger partial charge >= 0.3 is 0 Å². The Morgan fingerprint density at radius 3 is 2.64 bits per heavy atom. The highest BCUT2D eigenvalue weighted by Gasteiger charge is 2.18. The Kier molecular flexibility index (Phi) is 8.60. The number of rotatable bonds is 7. The minimum Gasteiger partial charge on any atom is -0.494 e. The van der Waals surface area contributed by atoms with Gasteiger partial charge in [0, 0.05) is 6.07 Å². The average molecular weight is 342 g/mol. The molecule has 1 saturated carbocycles. The van der Waals surface area contributed by atoms with Gasteiger partial charge in [-0.3, -0.25) is 0 Å². The smallest absolute Gasteiger partial charge is 0.142 e. The first-order chi connectivity index (χ1) is 12.2. The lowest BCUT2D eigenvalue weighted by Gasteiger charge is -2.26. The molecule has 0 spiro atoms. The molecular formula is C23H31FO. The van der Waals surface area contributed by atoms with Gasteiger partial charge in [-0.15, -0.1) is 0 Å². The van der Waals surface area contributed by atoms with Crippen LogP contribution in [0.1, 0.15) is 70.8 Å². The molecule has 1 aliphatic rings. The lowest BCUT2D eigenvalue weighted by molar-refractivity contribution is 0.291. The summed E-state index contributed by atoms with van der Waals surface area (Å²) < 4.78 is 19.4. The van der Waals surface area contributed by atoms with Crippen molar-refractivity contribution in [2.75, 3.05) is 6.61 Å². The van der Waals surface area contributed by atoms with E-state index in [-0.39, 0.29) is 5.82 Å². The highest BCUT2D eigenvalue weighted by molar-refractivity contribution is 5.41. The summed E-state index contributed by atoms with van der Waals surface area (Å²) in [6, 6.07) is 4.89. The lowest BCUT2D eigenvalue weighted by Crippen LogP contribution is -2.12. The Balaban J connectivity index is 1.81. The van der Waals surface area contributed by atoms with Gasteiger partial charge < -0.3 is 4.74 Å². The van der Waals surface area contributed by atoms with Gasteiger partial charge in [-0.05, 0) is 62.1 Å². The number of allylic oxidation sites excluding steroid dienone is 2. The summed E-state index contributed by atoms with van der Waals surface area (Å²) in [7, 11) is 0. The largest absolute Gasteiger partial charge is 0.494 e. The Morgan fingerprint density at radius 2 is 1.96 bits per heavy atom. The maximum absolute atomic E-state index is 14.0. The number of halogens is 1. The van der Waals surface area contributed by atoms with E-state index in [1.165, 1.54) is 51.0 Å². The molecule has 1 aromatic carbocycles. The van der Waals surface area contributed by atoms with Crippen LogP contribution in [-0.4, -0.2) is 6.61 Å². The van der Waals surface area contributed by atoms with Crippen LogP contribution < -0.4 is 4.74 Å². The number of hydrogen-bond donors (Lipinski definition) is 0. The molecule has 0 unspecified atom stereocenters. The van der Waals surface area contributed by atoms with Crippen LogP contribution in [0.3, 0.4) is 0 Å². The van der Waals surface area contributed by atoms with Crippen molar-refractivity contribution in [2.45, 2.75) is 65.2 Å². The number of ether oxygens (including phenoxy) is 1. The molecule has 2 heteroatoms. The minimum atomic E-state index is -0.314. The molecule has 0 atom stereocenters. The lowest BCUT2D eigenvalue weighted by atomic mass is 9.80. The molecule has 0 N–H and O–H groups in total. The van der Waals surface area contributed by atoms with Crippen molar-refractivity contribution < 1.29 is 9.13 Å². The van der Waals surface area contributed by atoms with E-state index in [1.807, 2.05) is 13.0 Å². The third-order valence-electron chi connectivity index (χ3n) is 4.93. The van der Waals surface area contributed by atoms with E-state index in [1.54, 1.807) is 12.1 Å². The van der Waals surface area contributed by atoms with Crippen LogP contribution in [-0.2, 0) is 0 Å². The molecule has 0 amide bonds. The quantitative estimate of drug-likeness (QED) is 0.513. The molecule has 0 heterocycles. The van der Waals surface area contributed by atoms with Crippen molar-refractivity contribution in [1.82, 2.24) is 0 Å². The molecular weight excluding hydrogens is 311 g/mol. The molecule has 2 rings (SSSR count). The summed E-state index contributed by atoms with van der Waals surface area (Å²) in [6.45, 7) is 4.90. The molecule has 0 bridgehead atoms. The highest BCUT2D eigenvalue weighted by Crippen LogP contribution is 2.32. The van der Waals surface area contributed by atoms with Crippen LogP contribution in [0.5, 0.6) is 5.75 Å². The van der Waals surface area contributed by atoms with Crippen LogP contribution in [0.25, 0.3) is 0 Å². The maximum atomic E-state index is 14.0. The molecule has 136 valence electrons. The van der Waals surface area contributed by atoms with E-state index in [9.17, 15) is 4.39 Å². The van der Waals surface area contributed by atoms with Crippen molar-refractivity contribution >= 4 is 0 Å². The van der Waals surface area contributed by atoms with Gasteiger partial charge in [-0.25, -0.2) is 4.39 Å². The molecule has 1 nitrogen and oxygen atoms in total. The van der Waals surface area contributed by atoms with Gasteiger partial charge in [0.1, 0.15) is 11.6 Å². The van der Waals surface area contributed by atoms with Gasteiger partial charge in [0.25, 0.3) is 0 Å². The van der Waals surface area contributed by atoms with Crippen molar-refractivity contribution in [1.29, 1.82) is 0 Å². The fraction of sp³-hybridized carbons (Fsp3) is 0.565. The van der Waals surface area contributed by atoms with E-state index in [4.69, 9.17) is 4.74 Å². The standard InChI is InChI=1S/C23H31FO/c1-3-5-8-19-11-13-20(14-12-19)9-6-7-10-21-15-16-22(18-23(21)24)25-17-4-2/h6,9,15-16,18-20H,3-5,8,11-14,17H2,1-2H3. The van der Waals surface area contributed by atoms with E-state index >= 15 is 0 Å². The van der Waals surface area contributed by atoms with Gasteiger partial charge in [0.15, 0.2) is 0 Å². The molecule has 0 aromatic heterocycles. The zero-order chi connectivity index (χ0) is 17.9. The molecule has 0 radical (unpaired) electrons. The second kappa shape index (κ2) is 11.0. The van der Waals surface area contributed by atoms with Crippen LogP contribution in [0.4, 0.5) is 4.39 Å². The number of unbranched alkanes of at least 4 members (excludes halogenated alkanes) is 1. The van der Waals surface area contributed by atoms with Crippen LogP contribution in [0, 0.1) is 29.5 Å². The predicted octanol–water partition coefficient (Wildman–Crippen LogP) is 6.52. The fourth-order valence-corrected chi connectivity index (χ4v) is 3.37. The molecule has 1 aromatic rings. The SMILES string of the molecule is CCCCC1CCC(C=CC#Cc2ccc(OCCC)cc2F)CC1. The molecule has 0 saturated heterocycles. The Hall–Kier alpha value is -1.75. The van der Waals surface area contributed by atoms with Gasteiger partial charge in [0.2, 0.25) is 0 Å². The zero-order valence-electron chi connectivity index (χ0n) is 15.7. The first-order valence-electron chi connectivity index (χ1n) is 9.83. The third kappa shape index (κ3) is 6.94. The van der Waals surface area contributed by atoms with Crippen LogP contribution in [0.15, 0.2) is 30.4 Å². The summed E-state index contributed by atoms with van der Waals surface area (Å²) in [6.07, 6.45) is 14.3. The Labute approximate surface area is 152 Å². The first kappa shape index (κ1) is 19.6. The zero-order valence-corrected chi connectivity index (χ0v) is 15.7. The summed E-state index contributed by atoms with van der Waals surface area (Å²) in [5.74, 6) is 7.72. The molecule has 1 aliphatic carbocycles. The Morgan fingerprint density at radius 1 is 1.16 bits per heavy atom. The maximum Gasteiger partial charge on any atom is 0.142 e. The third-order valence-corrected chi connectivity index (χ3v) is 4.93. The minimum absolute atomic E-state index is 0.314. The van der Waals surface area contributed by atoms with Gasteiger partial charge in [0.05, 0.1) is 12.2 Å². The fourth-order valence-electron chi connectivity index (χ4n) is 3.37. The number of hydrogen-bond acceptors (Lipinski definition) is 1. The summed E-state index contributed by atoms with van der Waals surface area (Å²) >= 11 is 0. The van der Waals surface area contributed by atoms with E-state index < -0.39 is 0 Å². The molecule has 0 aliphatic heterocycles. The van der Waals surface area contributed by atoms with Gasteiger partial charge in [-0.2, -0.15) is 0 Å². The molecule has 1 fully saturated rings. The first-order valence-corrected chi connectivity index (χ1v) is 9.83. The predicted molar refractivity (Wildman–Crippen MR) is 103 cm³/mol. The second-order valence-corrected chi connectivity index (χ2v) is 7.04. The van der Waals surface area contributed by atoms with Crippen molar-refractivity contribution in [3.8, 4) is 17.6 Å². The monoisotopic (exact) mass is 342 g/mol. The van der Waals surface area contributed by atoms with Crippen molar-refractivity contribution in [3.05, 3.63) is 41.7 Å². The van der Waals surface area contributed by atoms with Crippen LogP contribution in [0.2, 0.25) is 0 Å². The van der Waals surface area contributed by atoms with Gasteiger partial charge in [-0.1, -0.05) is 51.0 Å². The average Bonchev–Trinajstić information content (AvgIpc) is 2.64. The highest BCUT2D eigenvalue weighted by atomic mass is 19.1. The second-order valence-electron chi connectivity index (χ2n) is 7.04. The van der Waals surface area contributed by atoms with E-state index in [0.29, 0.717) is 23.8 Å². The Bertz CT molecular complexity index is 600. The normalized spacial score (nSPS) is 20.3. The van der Waals surface area contributed by atoms with Crippen LogP contribution >= 0.6 is 0 Å². The summed E-state index contributed by atoms with van der Waals surface area (Å²) in [5, 5.41) is 0. The van der Waals surface area contributed by atoms with Crippen molar-refractivity contribution in [2.24, 2.45) is 11.8 Å². The van der Waals surface area contributed by atoms with E-state index in [2.05, 4.69) is 24.8 Å². The molecule has 25 heavy (non-hydrogen) atoms. The van der Waals surface area contributed by atoms with E-state index in [0.717, 1.165) is 12.3 Å². The number of benzene rings is 1. The summed E-state index contributed by atoms with van der Waals surface area (Å²) in [4.78, 5) is 0. The van der Waals surface area contributed by atoms with Crippen molar-refractivity contribution in [3.63, 3.8) is 0 Å².